The van der Waals surface area contributed by atoms with Crippen LogP contribution in [0.15, 0.2) is 41.4 Å². The fraction of sp³-hybridized carbons (Fsp3) is 0.429. The van der Waals surface area contributed by atoms with Gasteiger partial charge in [-0.15, -0.1) is 0 Å². The lowest BCUT2D eigenvalue weighted by molar-refractivity contribution is -0.137. The van der Waals surface area contributed by atoms with Gasteiger partial charge in [-0.2, -0.15) is 35.1 Å². The molecule has 2 heterocycles. The van der Waals surface area contributed by atoms with E-state index in [0.29, 0.717) is 30.9 Å². The van der Waals surface area contributed by atoms with Crippen molar-refractivity contribution in [3.63, 3.8) is 0 Å². The first kappa shape index (κ1) is 26.1. The third-order valence-electron chi connectivity index (χ3n) is 5.64. The van der Waals surface area contributed by atoms with Gasteiger partial charge in [-0.05, 0) is 43.2 Å². The Morgan fingerprint density at radius 2 is 1.97 bits per heavy atom. The Labute approximate surface area is 201 Å². The Bertz CT molecular complexity index is 1190. The topological polar surface area (TPSA) is 109 Å². The molecule has 0 bridgehead atoms. The quantitative estimate of drug-likeness (QED) is 0.604. The number of carbonyl (C=O) groups excluding carboxylic acids is 1. The average Bonchev–Trinajstić information content (AvgIpc) is 3.40. The molecular weight excluding hydrogens is 495 g/mol. The van der Waals surface area contributed by atoms with Gasteiger partial charge >= 0.3 is 6.18 Å². The van der Waals surface area contributed by atoms with Gasteiger partial charge in [0.25, 0.3) is 15.9 Å². The average molecular weight is 520 g/mol. The van der Waals surface area contributed by atoms with Crippen molar-refractivity contribution in [2.45, 2.75) is 49.1 Å². The van der Waals surface area contributed by atoms with Crippen molar-refractivity contribution < 1.29 is 36.2 Å². The van der Waals surface area contributed by atoms with E-state index in [1.165, 1.54) is 25.1 Å². The number of rotatable bonds is 6. The number of hydrogen-bond acceptors (Lipinski definition) is 7. The summed E-state index contributed by atoms with van der Waals surface area (Å²) in [6.45, 7) is 2.36. The van der Waals surface area contributed by atoms with Crippen LogP contribution in [0.3, 0.4) is 0 Å². The maximum atomic E-state index is 13.0. The number of benzene rings is 1. The summed E-state index contributed by atoms with van der Waals surface area (Å²) in [5, 5.41) is 9.30. The number of pyridine rings is 1. The minimum absolute atomic E-state index is 0. The number of aliphatic hydroxyl groups excluding tert-OH is 1. The van der Waals surface area contributed by atoms with Crippen molar-refractivity contribution in [1.82, 2.24) is 9.71 Å². The summed E-state index contributed by atoms with van der Waals surface area (Å²) < 4.78 is 72.3. The summed E-state index contributed by atoms with van der Waals surface area (Å²) in [5.74, 6) is -0.760. The normalized spacial score (nSPS) is 19.3. The van der Waals surface area contributed by atoms with Gasteiger partial charge in [-0.3, -0.25) is 4.79 Å². The van der Waals surface area contributed by atoms with Crippen LogP contribution < -0.4 is 14.4 Å². The summed E-state index contributed by atoms with van der Waals surface area (Å²) in [6, 6.07) is 7.23. The summed E-state index contributed by atoms with van der Waals surface area (Å²) in [7, 11) is -4.36. The maximum absolute atomic E-state index is 13.0. The minimum Gasteiger partial charge on any atom is -0.477 e. The van der Waals surface area contributed by atoms with Crippen LogP contribution in [0.4, 0.5) is 19.0 Å². The first-order valence-corrected chi connectivity index (χ1v) is 11.7. The highest BCUT2D eigenvalue weighted by atomic mass is 32.2. The van der Waals surface area contributed by atoms with E-state index in [-0.39, 0.29) is 37.1 Å². The number of amides is 1. The van der Waals surface area contributed by atoms with E-state index in [1.807, 2.05) is 4.72 Å². The SMILES string of the molecule is Cc1ccc(C(F)(F)F)cc1OC1(C(=O)NS(=O)(=O)c2cccc(N3CC[C@H](O)C3)n2)CC1.S. The van der Waals surface area contributed by atoms with Gasteiger partial charge in [0.15, 0.2) is 10.6 Å². The third-order valence-corrected chi connectivity index (χ3v) is 6.87. The lowest BCUT2D eigenvalue weighted by Gasteiger charge is -2.20. The van der Waals surface area contributed by atoms with Crippen LogP contribution in [-0.4, -0.2) is 49.2 Å². The second kappa shape index (κ2) is 9.27. The first-order valence-electron chi connectivity index (χ1n) is 10.2. The van der Waals surface area contributed by atoms with Crippen LogP contribution in [0.1, 0.15) is 30.4 Å². The highest BCUT2D eigenvalue weighted by Gasteiger charge is 2.54. The standard InChI is InChI=1S/C21H22F3N3O5S.H2S/c1-13-5-6-14(21(22,23)24)11-16(13)32-20(8-9-20)19(29)26-33(30,31)18-4-2-3-17(25-18)27-10-7-15(28)12-27;/h2-6,11,15,28H,7-10,12H2,1H3,(H,26,29);1H2/t15-;/m0./s1. The molecule has 34 heavy (non-hydrogen) atoms. The molecule has 2 aliphatic rings. The fourth-order valence-corrected chi connectivity index (χ4v) is 4.54. The zero-order chi connectivity index (χ0) is 24.0. The Hall–Kier alpha value is -2.51. The number of anilines is 1. The highest BCUT2D eigenvalue weighted by molar-refractivity contribution is 7.90. The molecule has 1 saturated heterocycles. The smallest absolute Gasteiger partial charge is 0.416 e. The summed E-state index contributed by atoms with van der Waals surface area (Å²) in [6.07, 6.45) is -4.27. The molecule has 2 N–H and O–H groups in total. The number of hydrogen-bond donors (Lipinski definition) is 2. The van der Waals surface area contributed by atoms with Crippen LogP contribution in [-0.2, 0) is 21.0 Å². The number of nitrogens with one attached hydrogen (secondary N) is 1. The molecule has 2 fully saturated rings. The van der Waals surface area contributed by atoms with Crippen molar-refractivity contribution in [3.8, 4) is 5.75 Å². The monoisotopic (exact) mass is 519 g/mol. The van der Waals surface area contributed by atoms with Crippen molar-refractivity contribution in [2.75, 3.05) is 18.0 Å². The number of ether oxygens (including phenoxy) is 1. The summed E-state index contributed by atoms with van der Waals surface area (Å²) >= 11 is 0. The highest BCUT2D eigenvalue weighted by Crippen LogP contribution is 2.43. The fourth-order valence-electron chi connectivity index (χ4n) is 3.53. The first-order chi connectivity index (χ1) is 15.4. The number of β-amino-alcohol motifs (C(OH)–C–C–N with tert-alkyl or cyclic N) is 1. The van der Waals surface area contributed by atoms with Gasteiger partial charge in [0.05, 0.1) is 11.7 Å². The molecule has 8 nitrogen and oxygen atoms in total. The number of halogens is 3. The van der Waals surface area contributed by atoms with Crippen LogP contribution >= 0.6 is 13.5 Å². The molecule has 1 aliphatic heterocycles. The van der Waals surface area contributed by atoms with Crippen LogP contribution in [0.2, 0.25) is 0 Å². The van der Waals surface area contributed by atoms with E-state index >= 15 is 0 Å². The van der Waals surface area contributed by atoms with E-state index < -0.39 is 39.4 Å². The van der Waals surface area contributed by atoms with Crippen LogP contribution in [0, 0.1) is 6.92 Å². The second-order valence-corrected chi connectivity index (χ2v) is 9.86. The van der Waals surface area contributed by atoms with Gasteiger partial charge in [0, 0.05) is 25.9 Å². The van der Waals surface area contributed by atoms with Crippen molar-refractivity contribution in [3.05, 3.63) is 47.5 Å². The molecule has 1 aromatic carbocycles. The van der Waals surface area contributed by atoms with E-state index in [1.54, 1.807) is 11.0 Å². The van der Waals surface area contributed by atoms with Crippen molar-refractivity contribution in [2.24, 2.45) is 0 Å². The van der Waals surface area contributed by atoms with E-state index in [9.17, 15) is 31.5 Å². The number of nitrogens with zero attached hydrogens (tertiary/aromatic N) is 2. The van der Waals surface area contributed by atoms with Crippen molar-refractivity contribution >= 4 is 35.2 Å². The van der Waals surface area contributed by atoms with Crippen LogP contribution in [0.25, 0.3) is 0 Å². The molecule has 0 radical (unpaired) electrons. The number of aliphatic hydroxyl groups is 1. The van der Waals surface area contributed by atoms with Gasteiger partial charge < -0.3 is 14.7 Å². The van der Waals surface area contributed by atoms with E-state index in [0.717, 1.165) is 12.1 Å². The molecule has 1 aromatic heterocycles. The Balaban J connectivity index is 0.00000324. The van der Waals surface area contributed by atoms with Gasteiger partial charge in [0.2, 0.25) is 0 Å². The molecule has 1 aliphatic carbocycles. The molecule has 13 heteroatoms. The molecule has 1 atom stereocenters. The number of sulfonamides is 1. The molecular formula is C21H24F3N3O5S2. The molecule has 2 aromatic rings. The Morgan fingerprint density at radius 1 is 1.26 bits per heavy atom. The summed E-state index contributed by atoms with van der Waals surface area (Å²) in [5.41, 5.74) is -2.12. The zero-order valence-electron chi connectivity index (χ0n) is 18.1. The predicted octanol–water partition coefficient (Wildman–Crippen LogP) is 2.51. The minimum atomic E-state index is -4.59. The van der Waals surface area contributed by atoms with E-state index in [4.69, 9.17) is 4.74 Å². The number of aryl methyl sites for hydroxylation is 1. The third kappa shape index (κ3) is 5.41. The lowest BCUT2D eigenvalue weighted by atomic mass is 10.1. The number of carbonyl (C=O) groups is 1. The number of alkyl halides is 3. The van der Waals surface area contributed by atoms with Gasteiger partial charge in [0.1, 0.15) is 11.6 Å². The van der Waals surface area contributed by atoms with Gasteiger partial charge in [-0.1, -0.05) is 12.1 Å². The molecule has 0 unspecified atom stereocenters. The maximum Gasteiger partial charge on any atom is 0.416 e. The predicted molar refractivity (Wildman–Crippen MR) is 122 cm³/mol. The second-order valence-electron chi connectivity index (χ2n) is 8.23. The number of aromatic nitrogens is 1. The molecule has 1 saturated carbocycles. The van der Waals surface area contributed by atoms with Crippen LogP contribution in [0.5, 0.6) is 5.75 Å². The largest absolute Gasteiger partial charge is 0.477 e. The Kier molecular flexibility index (Phi) is 7.11. The molecule has 1 amide bonds. The van der Waals surface area contributed by atoms with Crippen molar-refractivity contribution in [1.29, 1.82) is 0 Å². The van der Waals surface area contributed by atoms with Gasteiger partial charge in [-0.25, -0.2) is 9.71 Å². The van der Waals surface area contributed by atoms with E-state index in [2.05, 4.69) is 4.98 Å². The molecule has 0 spiro atoms. The molecule has 186 valence electrons. The lowest BCUT2D eigenvalue weighted by Crippen LogP contribution is -2.43. The zero-order valence-corrected chi connectivity index (χ0v) is 19.9. The Morgan fingerprint density at radius 3 is 2.56 bits per heavy atom. The molecule has 4 rings (SSSR count). The summed E-state index contributed by atoms with van der Waals surface area (Å²) in [4.78, 5) is 18.6.